The molecule has 3 aromatic carbocycles. The molecule has 0 spiro atoms. The summed E-state index contributed by atoms with van der Waals surface area (Å²) in [4.78, 5) is 0. The van der Waals surface area contributed by atoms with Crippen LogP contribution >= 0.6 is 0 Å². The molecule has 0 bridgehead atoms. The average Bonchev–Trinajstić information content (AvgIpc) is 2.59. The van der Waals surface area contributed by atoms with Gasteiger partial charge in [0.25, 0.3) is 0 Å². The van der Waals surface area contributed by atoms with Crippen molar-refractivity contribution < 1.29 is 19.7 Å². The van der Waals surface area contributed by atoms with E-state index in [1.165, 1.54) is 0 Å². The lowest BCUT2D eigenvalue weighted by molar-refractivity contribution is 0.414. The maximum absolute atomic E-state index is 9.77. The summed E-state index contributed by atoms with van der Waals surface area (Å²) in [6.07, 6.45) is 0. The fourth-order valence-electron chi connectivity index (χ4n) is 3.14. The first-order valence-electron chi connectivity index (χ1n) is 7.63. The molecule has 0 atom stereocenters. The second-order valence-corrected chi connectivity index (χ2v) is 5.75. The third-order valence-corrected chi connectivity index (χ3v) is 4.29. The highest BCUT2D eigenvalue weighted by molar-refractivity contribution is 5.60. The lowest BCUT2D eigenvalue weighted by Crippen LogP contribution is -2.11. The van der Waals surface area contributed by atoms with Gasteiger partial charge in [0.05, 0.1) is 7.11 Å². The van der Waals surface area contributed by atoms with Crippen molar-refractivity contribution in [3.63, 3.8) is 0 Å². The molecule has 0 amide bonds. The molecule has 120 valence electrons. The van der Waals surface area contributed by atoms with Crippen LogP contribution in [0.5, 0.6) is 28.7 Å². The SMILES string of the molecule is COc1ccc(C2c3ccc(O)cc3Oc3cc(O)ccc32)cc1. The van der Waals surface area contributed by atoms with Crippen molar-refractivity contribution in [1.29, 1.82) is 0 Å². The minimum atomic E-state index is -0.0455. The number of hydrogen-bond donors (Lipinski definition) is 2. The van der Waals surface area contributed by atoms with E-state index in [-0.39, 0.29) is 17.4 Å². The fraction of sp³-hybridized carbons (Fsp3) is 0.100. The molecule has 0 radical (unpaired) electrons. The second kappa shape index (κ2) is 5.49. The predicted molar refractivity (Wildman–Crippen MR) is 90.2 cm³/mol. The monoisotopic (exact) mass is 320 g/mol. The van der Waals surface area contributed by atoms with Gasteiger partial charge >= 0.3 is 0 Å². The molecule has 0 fully saturated rings. The summed E-state index contributed by atoms with van der Waals surface area (Å²) in [6, 6.07) is 18.1. The van der Waals surface area contributed by atoms with E-state index in [4.69, 9.17) is 9.47 Å². The maximum Gasteiger partial charge on any atom is 0.135 e. The number of phenolic OH excluding ortho intramolecular Hbond substituents is 2. The van der Waals surface area contributed by atoms with Crippen molar-refractivity contribution in [2.45, 2.75) is 5.92 Å². The Morgan fingerprint density at radius 1 is 0.792 bits per heavy atom. The molecule has 0 saturated heterocycles. The molecule has 24 heavy (non-hydrogen) atoms. The van der Waals surface area contributed by atoms with Gasteiger partial charge in [-0.15, -0.1) is 0 Å². The van der Waals surface area contributed by atoms with Crippen LogP contribution in [-0.4, -0.2) is 17.3 Å². The van der Waals surface area contributed by atoms with Gasteiger partial charge in [-0.05, 0) is 29.8 Å². The van der Waals surface area contributed by atoms with Gasteiger partial charge in [-0.2, -0.15) is 0 Å². The molecule has 1 heterocycles. The van der Waals surface area contributed by atoms with Gasteiger partial charge in [0.1, 0.15) is 28.7 Å². The lowest BCUT2D eigenvalue weighted by atomic mass is 9.82. The molecule has 4 heteroatoms. The standard InChI is InChI=1S/C20H16O4/c1-23-15-6-2-12(3-7-15)20-16-8-4-13(21)10-18(16)24-19-11-14(22)5-9-17(19)20/h2-11,20-22H,1H3. The van der Waals surface area contributed by atoms with Crippen LogP contribution in [0.2, 0.25) is 0 Å². The summed E-state index contributed by atoms with van der Waals surface area (Å²) in [5.41, 5.74) is 3.02. The first-order valence-corrected chi connectivity index (χ1v) is 7.63. The summed E-state index contributed by atoms with van der Waals surface area (Å²) in [7, 11) is 1.64. The van der Waals surface area contributed by atoms with Crippen LogP contribution < -0.4 is 9.47 Å². The Balaban J connectivity index is 1.91. The molecule has 1 aliphatic heterocycles. The van der Waals surface area contributed by atoms with Gasteiger partial charge < -0.3 is 19.7 Å². The smallest absolute Gasteiger partial charge is 0.135 e. The van der Waals surface area contributed by atoms with Crippen molar-refractivity contribution in [2.24, 2.45) is 0 Å². The van der Waals surface area contributed by atoms with Crippen LogP contribution in [0.1, 0.15) is 22.6 Å². The summed E-state index contributed by atoms with van der Waals surface area (Å²) in [5, 5.41) is 19.5. The highest BCUT2D eigenvalue weighted by atomic mass is 16.5. The topological polar surface area (TPSA) is 58.9 Å². The van der Waals surface area contributed by atoms with Gasteiger partial charge in [0.2, 0.25) is 0 Å². The third kappa shape index (κ3) is 2.33. The summed E-state index contributed by atoms with van der Waals surface area (Å²) in [5.74, 6) is 2.22. The number of aromatic hydroxyl groups is 2. The zero-order chi connectivity index (χ0) is 16.7. The Labute approximate surface area is 139 Å². The van der Waals surface area contributed by atoms with Crippen LogP contribution in [-0.2, 0) is 0 Å². The third-order valence-electron chi connectivity index (χ3n) is 4.29. The molecule has 0 saturated carbocycles. The Bertz CT molecular complexity index is 849. The van der Waals surface area contributed by atoms with E-state index >= 15 is 0 Å². The van der Waals surface area contributed by atoms with E-state index < -0.39 is 0 Å². The Kier molecular flexibility index (Phi) is 3.31. The minimum Gasteiger partial charge on any atom is -0.508 e. The molecule has 4 rings (SSSR count). The second-order valence-electron chi connectivity index (χ2n) is 5.75. The first-order chi connectivity index (χ1) is 11.7. The molecule has 4 nitrogen and oxygen atoms in total. The molecule has 2 N–H and O–H groups in total. The van der Waals surface area contributed by atoms with Crippen LogP contribution in [0.3, 0.4) is 0 Å². The van der Waals surface area contributed by atoms with Gasteiger partial charge in [-0.25, -0.2) is 0 Å². The van der Waals surface area contributed by atoms with Crippen molar-refractivity contribution in [3.05, 3.63) is 77.4 Å². The number of benzene rings is 3. The Morgan fingerprint density at radius 2 is 1.33 bits per heavy atom. The van der Waals surface area contributed by atoms with Gasteiger partial charge in [-0.1, -0.05) is 24.3 Å². The molecular weight excluding hydrogens is 304 g/mol. The van der Waals surface area contributed by atoms with Crippen molar-refractivity contribution in [2.75, 3.05) is 7.11 Å². The lowest BCUT2D eigenvalue weighted by Gasteiger charge is -2.29. The van der Waals surface area contributed by atoms with E-state index in [1.54, 1.807) is 31.4 Å². The molecule has 1 aliphatic rings. The minimum absolute atomic E-state index is 0.0455. The van der Waals surface area contributed by atoms with Gasteiger partial charge in [0.15, 0.2) is 0 Å². The highest BCUT2D eigenvalue weighted by Crippen LogP contribution is 2.49. The molecule has 0 unspecified atom stereocenters. The van der Waals surface area contributed by atoms with E-state index in [0.717, 1.165) is 22.4 Å². The van der Waals surface area contributed by atoms with Gasteiger partial charge in [-0.3, -0.25) is 0 Å². The summed E-state index contributed by atoms with van der Waals surface area (Å²) >= 11 is 0. The molecule has 0 aromatic heterocycles. The molecule has 0 aliphatic carbocycles. The number of methoxy groups -OCH3 is 1. The first kappa shape index (κ1) is 14.5. The highest BCUT2D eigenvalue weighted by Gasteiger charge is 2.29. The van der Waals surface area contributed by atoms with Crippen LogP contribution in [0.4, 0.5) is 0 Å². The van der Waals surface area contributed by atoms with E-state index in [2.05, 4.69) is 0 Å². The Hall–Kier alpha value is -3.14. The normalized spacial score (nSPS) is 12.9. The quantitative estimate of drug-likeness (QED) is 0.575. The predicted octanol–water partition coefficient (Wildman–Crippen LogP) is 4.39. The van der Waals surface area contributed by atoms with Crippen LogP contribution in [0, 0.1) is 0 Å². The van der Waals surface area contributed by atoms with Crippen LogP contribution in [0.15, 0.2) is 60.7 Å². The largest absolute Gasteiger partial charge is 0.508 e. The summed E-state index contributed by atoms with van der Waals surface area (Å²) < 4.78 is 11.1. The average molecular weight is 320 g/mol. The maximum atomic E-state index is 9.77. The van der Waals surface area contributed by atoms with E-state index in [0.29, 0.717) is 11.5 Å². The molecule has 3 aromatic rings. The van der Waals surface area contributed by atoms with Crippen LogP contribution in [0.25, 0.3) is 0 Å². The molecular formula is C20H16O4. The zero-order valence-corrected chi connectivity index (χ0v) is 13.1. The van der Waals surface area contributed by atoms with E-state index in [9.17, 15) is 10.2 Å². The van der Waals surface area contributed by atoms with E-state index in [1.807, 2.05) is 36.4 Å². The van der Waals surface area contributed by atoms with Crippen molar-refractivity contribution in [1.82, 2.24) is 0 Å². The number of hydrogen-bond acceptors (Lipinski definition) is 4. The van der Waals surface area contributed by atoms with Crippen molar-refractivity contribution >= 4 is 0 Å². The number of rotatable bonds is 2. The van der Waals surface area contributed by atoms with Crippen molar-refractivity contribution in [3.8, 4) is 28.7 Å². The Morgan fingerprint density at radius 3 is 1.83 bits per heavy atom. The zero-order valence-electron chi connectivity index (χ0n) is 13.1. The fourth-order valence-corrected chi connectivity index (χ4v) is 3.14. The number of fused-ring (bicyclic) bond motifs is 2. The summed E-state index contributed by atoms with van der Waals surface area (Å²) in [6.45, 7) is 0. The van der Waals surface area contributed by atoms with Gasteiger partial charge in [0, 0.05) is 29.2 Å². The number of ether oxygens (including phenoxy) is 2. The number of phenols is 2.